The maximum Gasteiger partial charge on any atom is 0.316 e. The number of urea groups is 1. The Morgan fingerprint density at radius 2 is 1.54 bits per heavy atom. The van der Waals surface area contributed by atoms with Crippen molar-refractivity contribution < 1.29 is 28.8 Å². The third-order valence-electron chi connectivity index (χ3n) is 8.14. The highest BCUT2D eigenvalue weighted by Crippen LogP contribution is 2.33. The summed E-state index contributed by atoms with van der Waals surface area (Å²) in [5.41, 5.74) is 4.54. The predicted molar refractivity (Wildman–Crippen MR) is 144 cm³/mol. The van der Waals surface area contributed by atoms with Crippen LogP contribution in [0.5, 0.6) is 0 Å². The average Bonchev–Trinajstić information content (AvgIpc) is 3.55. The topological polar surface area (TPSA) is 168 Å². The molecule has 2 saturated carbocycles. The molecule has 0 radical (unpaired) electrons. The Balaban J connectivity index is 1.70. The van der Waals surface area contributed by atoms with E-state index in [1.807, 2.05) is 34.6 Å². The third-order valence-corrected chi connectivity index (χ3v) is 8.14. The Morgan fingerprint density at radius 3 is 2.03 bits per heavy atom. The van der Waals surface area contributed by atoms with Crippen molar-refractivity contribution in [1.82, 2.24) is 20.9 Å². The molecule has 4 atom stereocenters. The lowest BCUT2D eigenvalue weighted by molar-refractivity contribution is -0.143. The van der Waals surface area contributed by atoms with Gasteiger partial charge in [-0.05, 0) is 49.4 Å². The van der Waals surface area contributed by atoms with Gasteiger partial charge in [0.15, 0.2) is 5.78 Å². The summed E-state index contributed by atoms with van der Waals surface area (Å²) in [5, 5.41) is 8.22. The first-order chi connectivity index (χ1) is 18.2. The predicted octanol–water partition coefficient (Wildman–Crippen LogP) is 1.42. The summed E-state index contributed by atoms with van der Waals surface area (Å²) in [7, 11) is 0. The highest BCUT2D eigenvalue weighted by Gasteiger charge is 2.44. The van der Waals surface area contributed by atoms with Crippen LogP contribution >= 0.6 is 0 Å². The number of carbonyl (C=O) groups excluding carboxylic acids is 6. The lowest BCUT2D eigenvalue weighted by Crippen LogP contribution is -2.61. The number of hydrogen-bond donors (Lipinski definition) is 4. The molecular weight excluding hydrogens is 502 g/mol. The molecule has 1 saturated heterocycles. The molecule has 3 rings (SSSR count). The molecule has 0 aromatic carbocycles. The number of amides is 5. The van der Waals surface area contributed by atoms with Crippen LogP contribution in [0.1, 0.15) is 86.0 Å². The third kappa shape index (κ3) is 7.79. The van der Waals surface area contributed by atoms with Gasteiger partial charge in [0.25, 0.3) is 5.91 Å². The number of rotatable bonds is 12. The molecule has 1 aliphatic heterocycles. The molecule has 5 amide bonds. The van der Waals surface area contributed by atoms with E-state index in [1.165, 1.54) is 4.90 Å². The fourth-order valence-electron chi connectivity index (χ4n) is 5.35. The van der Waals surface area contributed by atoms with Crippen LogP contribution in [0.4, 0.5) is 4.79 Å². The van der Waals surface area contributed by atoms with Crippen molar-refractivity contribution in [3.8, 4) is 0 Å². The van der Waals surface area contributed by atoms with Crippen LogP contribution in [0.3, 0.4) is 0 Å². The van der Waals surface area contributed by atoms with Crippen LogP contribution in [0.15, 0.2) is 0 Å². The fraction of sp³-hybridized carbons (Fsp3) is 0.786. The summed E-state index contributed by atoms with van der Waals surface area (Å²) in [4.78, 5) is 78.2. The molecule has 11 nitrogen and oxygen atoms in total. The second-order valence-corrected chi connectivity index (χ2v) is 12.8. The van der Waals surface area contributed by atoms with Gasteiger partial charge in [0.05, 0.1) is 12.1 Å². The van der Waals surface area contributed by atoms with E-state index in [-0.39, 0.29) is 23.5 Å². The van der Waals surface area contributed by atoms with Crippen LogP contribution in [0.25, 0.3) is 0 Å². The quantitative estimate of drug-likeness (QED) is 0.270. The minimum Gasteiger partial charge on any atom is -0.363 e. The average molecular weight is 548 g/mol. The first-order valence-electron chi connectivity index (χ1n) is 14.3. The molecule has 2 aliphatic carbocycles. The van der Waals surface area contributed by atoms with Crippen molar-refractivity contribution in [1.29, 1.82) is 0 Å². The molecular formula is C28H45N5O6. The Morgan fingerprint density at radius 1 is 0.897 bits per heavy atom. The summed E-state index contributed by atoms with van der Waals surface area (Å²) in [6.45, 7) is 9.50. The van der Waals surface area contributed by atoms with Gasteiger partial charge >= 0.3 is 6.03 Å². The number of primary amides is 1. The van der Waals surface area contributed by atoms with Crippen molar-refractivity contribution in [3.05, 3.63) is 0 Å². The van der Waals surface area contributed by atoms with Gasteiger partial charge < -0.3 is 26.6 Å². The number of Topliss-reactive ketones (excluding diaryl/α,β-unsaturated/α-hetero) is 2. The maximum absolute atomic E-state index is 13.8. The zero-order valence-corrected chi connectivity index (χ0v) is 23.9. The number of ketones is 2. The monoisotopic (exact) mass is 547 g/mol. The van der Waals surface area contributed by atoms with Crippen LogP contribution in [-0.2, 0) is 24.0 Å². The standard InChI is InChI=1S/C28H45N5O6/c1-15(2)20(21(34)17-11-12-17)31-27(39)32-23(28(3,4)5)26(38)33-13-7-10-19(33)25(37)30-18(22(35)24(29)36)14-16-8-6-9-16/h15-20,23H,6-14H2,1-5H3,(H2,29,36)(H,30,37)(H2,31,32,39). The molecule has 39 heavy (non-hydrogen) atoms. The number of hydrogen-bond acceptors (Lipinski definition) is 6. The van der Waals surface area contributed by atoms with E-state index in [0.29, 0.717) is 25.8 Å². The highest BCUT2D eigenvalue weighted by atomic mass is 16.2. The van der Waals surface area contributed by atoms with Crippen LogP contribution < -0.4 is 21.7 Å². The van der Waals surface area contributed by atoms with Gasteiger partial charge in [0.2, 0.25) is 17.6 Å². The molecule has 0 aromatic heterocycles. The van der Waals surface area contributed by atoms with E-state index in [4.69, 9.17) is 5.73 Å². The largest absolute Gasteiger partial charge is 0.363 e. The van der Waals surface area contributed by atoms with Gasteiger partial charge in [0, 0.05) is 12.5 Å². The minimum absolute atomic E-state index is 0.0111. The van der Waals surface area contributed by atoms with Gasteiger partial charge in [-0.15, -0.1) is 0 Å². The Kier molecular flexibility index (Phi) is 9.77. The highest BCUT2D eigenvalue weighted by molar-refractivity contribution is 6.37. The van der Waals surface area contributed by atoms with E-state index < -0.39 is 59.1 Å². The van der Waals surface area contributed by atoms with E-state index in [1.54, 1.807) is 0 Å². The van der Waals surface area contributed by atoms with Crippen molar-refractivity contribution in [2.45, 2.75) is 110 Å². The molecule has 0 aromatic rings. The van der Waals surface area contributed by atoms with Gasteiger partial charge in [-0.2, -0.15) is 0 Å². The Bertz CT molecular complexity index is 981. The van der Waals surface area contributed by atoms with Gasteiger partial charge in [0.1, 0.15) is 12.1 Å². The first kappa shape index (κ1) is 30.6. The molecule has 3 aliphatic rings. The maximum atomic E-state index is 13.8. The van der Waals surface area contributed by atoms with Gasteiger partial charge in [-0.1, -0.05) is 53.9 Å². The van der Waals surface area contributed by atoms with Crippen LogP contribution in [-0.4, -0.2) is 70.9 Å². The lowest BCUT2D eigenvalue weighted by atomic mass is 9.80. The summed E-state index contributed by atoms with van der Waals surface area (Å²) >= 11 is 0. The number of likely N-dealkylation sites (tertiary alicyclic amines) is 1. The smallest absolute Gasteiger partial charge is 0.316 e. The number of nitrogens with one attached hydrogen (secondary N) is 3. The minimum atomic E-state index is -1.10. The van der Waals surface area contributed by atoms with E-state index >= 15 is 0 Å². The van der Waals surface area contributed by atoms with Crippen LogP contribution in [0.2, 0.25) is 0 Å². The summed E-state index contributed by atoms with van der Waals surface area (Å²) in [5.74, 6) is -2.72. The van der Waals surface area contributed by atoms with E-state index in [2.05, 4.69) is 16.0 Å². The van der Waals surface area contributed by atoms with Gasteiger partial charge in [-0.3, -0.25) is 24.0 Å². The molecule has 4 unspecified atom stereocenters. The SMILES string of the molecule is CC(C)C(NC(=O)NC(C(=O)N1CCCC1C(=O)NC(CC1CCC1)C(=O)C(N)=O)C(C)(C)C)C(=O)C1CC1. The van der Waals surface area contributed by atoms with E-state index in [9.17, 15) is 28.8 Å². The van der Waals surface area contributed by atoms with Gasteiger partial charge in [-0.25, -0.2) is 4.79 Å². The van der Waals surface area contributed by atoms with Crippen molar-refractivity contribution >= 4 is 35.3 Å². The zero-order valence-electron chi connectivity index (χ0n) is 23.9. The molecule has 1 heterocycles. The normalized spacial score (nSPS) is 21.9. The molecule has 3 fully saturated rings. The molecule has 11 heteroatoms. The second kappa shape index (κ2) is 12.5. The zero-order chi connectivity index (χ0) is 29.1. The summed E-state index contributed by atoms with van der Waals surface area (Å²) < 4.78 is 0. The number of nitrogens with two attached hydrogens (primary N) is 1. The summed E-state index contributed by atoms with van der Waals surface area (Å²) in [6, 6.07) is -4.07. The molecule has 218 valence electrons. The van der Waals surface area contributed by atoms with Crippen molar-refractivity contribution in [3.63, 3.8) is 0 Å². The van der Waals surface area contributed by atoms with Crippen LogP contribution in [0, 0.1) is 23.2 Å². The Labute approximate surface area is 230 Å². The fourth-order valence-corrected chi connectivity index (χ4v) is 5.35. The van der Waals surface area contributed by atoms with Crippen molar-refractivity contribution in [2.75, 3.05) is 6.54 Å². The first-order valence-corrected chi connectivity index (χ1v) is 14.3. The summed E-state index contributed by atoms with van der Waals surface area (Å²) in [6.07, 6.45) is 5.88. The lowest BCUT2D eigenvalue weighted by Gasteiger charge is -2.36. The number of nitrogens with zero attached hydrogens (tertiary/aromatic N) is 1. The van der Waals surface area contributed by atoms with E-state index in [0.717, 1.165) is 32.1 Å². The molecule has 0 spiro atoms. The molecule has 5 N–H and O–H groups in total. The molecule has 0 bridgehead atoms. The Hall–Kier alpha value is -2.98. The number of carbonyl (C=O) groups is 6. The van der Waals surface area contributed by atoms with Crippen molar-refractivity contribution in [2.24, 2.45) is 28.9 Å². The second-order valence-electron chi connectivity index (χ2n) is 12.8.